The monoisotopic (exact) mass is 573 g/mol. The highest BCUT2D eigenvalue weighted by Gasteiger charge is 2.21. The van der Waals surface area contributed by atoms with Crippen LogP contribution >= 0.6 is 23.2 Å². The summed E-state index contributed by atoms with van der Waals surface area (Å²) >= 11 is 12.6. The summed E-state index contributed by atoms with van der Waals surface area (Å²) in [5.41, 5.74) is 3.06. The lowest BCUT2D eigenvalue weighted by molar-refractivity contribution is 0.146. The molecule has 0 atom stereocenters. The van der Waals surface area contributed by atoms with Crippen LogP contribution in [0, 0.1) is 6.92 Å². The van der Waals surface area contributed by atoms with E-state index in [9.17, 15) is 17.2 Å². The Hall–Kier alpha value is -3.60. The van der Waals surface area contributed by atoms with Crippen LogP contribution < -0.4 is 0 Å². The first-order valence-corrected chi connectivity index (χ1v) is 13.8. The van der Waals surface area contributed by atoms with E-state index < -0.39 is 16.3 Å². The van der Waals surface area contributed by atoms with Crippen molar-refractivity contribution in [3.63, 3.8) is 0 Å². The zero-order chi connectivity index (χ0) is 27.2. The summed E-state index contributed by atoms with van der Waals surface area (Å²) in [6.07, 6.45) is 1.20. The number of benzene rings is 3. The van der Waals surface area contributed by atoms with E-state index in [1.807, 2.05) is 0 Å². The van der Waals surface area contributed by atoms with Crippen molar-refractivity contribution < 1.29 is 17.2 Å². The quantitative estimate of drug-likeness (QED) is 0.224. The van der Waals surface area contributed by atoms with Crippen LogP contribution in [-0.2, 0) is 9.84 Å². The second-order valence-corrected chi connectivity index (χ2v) is 11.4. The smallest absolute Gasteiger partial charge is 0.281 e. The standard InChI is InChI=1S/C26H19Cl2F2N5O2S/c1-15-32-22(26(29)30)14-34(15)23-9-6-17(16-4-3-5-19(10-16)38(2,36)37)11-24(23)35-25(13-31-33-35)20-8-7-18(27)12-21(20)28/h3-14,26H,1-2H3. The molecular weight excluding hydrogens is 555 g/mol. The minimum Gasteiger partial charge on any atom is -0.301 e. The van der Waals surface area contributed by atoms with Gasteiger partial charge in [-0.3, -0.25) is 0 Å². The second kappa shape index (κ2) is 9.94. The van der Waals surface area contributed by atoms with Crippen LogP contribution in [0.2, 0.25) is 10.0 Å². The van der Waals surface area contributed by atoms with Gasteiger partial charge < -0.3 is 4.57 Å². The summed E-state index contributed by atoms with van der Waals surface area (Å²) in [6, 6.07) is 16.8. The first-order chi connectivity index (χ1) is 18.0. The molecule has 0 radical (unpaired) electrons. The van der Waals surface area contributed by atoms with E-state index in [2.05, 4.69) is 15.3 Å². The maximum Gasteiger partial charge on any atom is 0.281 e. The summed E-state index contributed by atoms with van der Waals surface area (Å²) in [4.78, 5) is 4.17. The fourth-order valence-electron chi connectivity index (χ4n) is 4.12. The van der Waals surface area contributed by atoms with Crippen molar-refractivity contribution in [3.05, 3.63) is 94.6 Å². The maximum atomic E-state index is 13.5. The molecular formula is C26H19Cl2F2N5O2S. The summed E-state index contributed by atoms with van der Waals surface area (Å²) < 4.78 is 54.3. The lowest BCUT2D eigenvalue weighted by Crippen LogP contribution is -2.07. The molecule has 0 aliphatic carbocycles. The number of rotatable bonds is 6. The summed E-state index contributed by atoms with van der Waals surface area (Å²) in [5.74, 6) is 0.347. The number of aryl methyl sites for hydroxylation is 1. The Kier molecular flexibility index (Phi) is 6.81. The molecule has 0 aliphatic heterocycles. The molecule has 0 N–H and O–H groups in total. The number of hydrogen-bond donors (Lipinski definition) is 0. The van der Waals surface area contributed by atoms with Gasteiger partial charge in [0.1, 0.15) is 11.5 Å². The minimum atomic E-state index is -3.44. The molecule has 5 aromatic rings. The number of alkyl halides is 2. The lowest BCUT2D eigenvalue weighted by atomic mass is 10.0. The van der Waals surface area contributed by atoms with Crippen molar-refractivity contribution >= 4 is 33.0 Å². The number of sulfone groups is 1. The van der Waals surface area contributed by atoms with Crippen LogP contribution in [0.1, 0.15) is 17.9 Å². The molecule has 5 rings (SSSR count). The Labute approximate surface area is 227 Å². The van der Waals surface area contributed by atoms with Crippen molar-refractivity contribution in [3.8, 4) is 33.8 Å². The number of halogens is 4. The van der Waals surface area contributed by atoms with Crippen molar-refractivity contribution in [2.24, 2.45) is 0 Å². The first kappa shape index (κ1) is 26.0. The molecule has 194 valence electrons. The highest BCUT2D eigenvalue weighted by molar-refractivity contribution is 7.90. The average Bonchev–Trinajstić information content (AvgIpc) is 3.50. The molecule has 0 aliphatic rings. The fourth-order valence-corrected chi connectivity index (χ4v) is 5.29. The third kappa shape index (κ3) is 4.94. The molecule has 38 heavy (non-hydrogen) atoms. The van der Waals surface area contributed by atoms with Crippen LogP contribution in [-0.4, -0.2) is 39.2 Å². The molecule has 2 heterocycles. The Balaban J connectivity index is 1.76. The Bertz CT molecular complexity index is 1780. The van der Waals surface area contributed by atoms with Crippen LogP contribution in [0.15, 0.2) is 78.0 Å². The zero-order valence-corrected chi connectivity index (χ0v) is 22.3. The van der Waals surface area contributed by atoms with Gasteiger partial charge in [0.2, 0.25) is 0 Å². The van der Waals surface area contributed by atoms with Crippen LogP contribution in [0.3, 0.4) is 0 Å². The SMILES string of the molecule is Cc1nc(C(F)F)cn1-c1ccc(-c2cccc(S(C)(=O)=O)c2)cc1-n1nncc1-c1ccc(Cl)cc1Cl. The fraction of sp³-hybridized carbons (Fsp3) is 0.115. The Morgan fingerprint density at radius 2 is 1.71 bits per heavy atom. The van der Waals surface area contributed by atoms with Gasteiger partial charge in [0.15, 0.2) is 9.84 Å². The normalized spacial score (nSPS) is 11.9. The molecule has 0 bridgehead atoms. The Morgan fingerprint density at radius 1 is 0.947 bits per heavy atom. The van der Waals surface area contributed by atoms with Crippen molar-refractivity contribution in [2.45, 2.75) is 18.2 Å². The van der Waals surface area contributed by atoms with Gasteiger partial charge in [0.25, 0.3) is 6.43 Å². The third-order valence-electron chi connectivity index (χ3n) is 5.94. The van der Waals surface area contributed by atoms with Gasteiger partial charge >= 0.3 is 0 Å². The first-order valence-electron chi connectivity index (χ1n) is 11.2. The molecule has 12 heteroatoms. The van der Waals surface area contributed by atoms with E-state index in [4.69, 9.17) is 23.2 Å². The largest absolute Gasteiger partial charge is 0.301 e. The molecule has 0 amide bonds. The van der Waals surface area contributed by atoms with Gasteiger partial charge in [0, 0.05) is 23.0 Å². The molecule has 7 nitrogen and oxygen atoms in total. The number of hydrogen-bond acceptors (Lipinski definition) is 5. The number of nitrogens with zero attached hydrogens (tertiary/aromatic N) is 5. The molecule has 0 fully saturated rings. The van der Waals surface area contributed by atoms with Crippen LogP contribution in [0.5, 0.6) is 0 Å². The number of aromatic nitrogens is 5. The van der Waals surface area contributed by atoms with Gasteiger partial charge in [0.05, 0.1) is 33.2 Å². The van der Waals surface area contributed by atoms with Crippen LogP contribution in [0.4, 0.5) is 8.78 Å². The molecule has 0 saturated heterocycles. The van der Waals surface area contributed by atoms with Crippen molar-refractivity contribution in [1.82, 2.24) is 24.5 Å². The molecule has 0 unspecified atom stereocenters. The topological polar surface area (TPSA) is 82.7 Å². The predicted octanol–water partition coefficient (Wildman–Crippen LogP) is 6.74. The van der Waals surface area contributed by atoms with Gasteiger partial charge in [-0.2, -0.15) is 0 Å². The predicted molar refractivity (Wildman–Crippen MR) is 142 cm³/mol. The van der Waals surface area contributed by atoms with Gasteiger partial charge in [-0.05, 0) is 60.5 Å². The maximum absolute atomic E-state index is 13.5. The van der Waals surface area contributed by atoms with Crippen molar-refractivity contribution in [2.75, 3.05) is 6.26 Å². The van der Waals surface area contributed by atoms with E-state index in [-0.39, 0.29) is 10.6 Å². The minimum absolute atomic E-state index is 0.169. The van der Waals surface area contributed by atoms with Crippen LogP contribution in [0.25, 0.3) is 33.8 Å². The van der Waals surface area contributed by atoms with Crippen molar-refractivity contribution in [1.29, 1.82) is 0 Å². The second-order valence-electron chi connectivity index (χ2n) is 8.54. The van der Waals surface area contributed by atoms with Gasteiger partial charge in [-0.1, -0.05) is 46.6 Å². The van der Waals surface area contributed by atoms with E-state index >= 15 is 0 Å². The number of imidazole rings is 1. The highest BCUT2D eigenvalue weighted by atomic mass is 35.5. The third-order valence-corrected chi connectivity index (χ3v) is 7.60. The highest BCUT2D eigenvalue weighted by Crippen LogP contribution is 2.35. The van der Waals surface area contributed by atoms with E-state index in [0.29, 0.717) is 49.6 Å². The summed E-state index contributed by atoms with van der Waals surface area (Å²) in [6.45, 7) is 1.62. The van der Waals surface area contributed by atoms with Gasteiger partial charge in [-0.25, -0.2) is 26.9 Å². The molecule has 0 saturated carbocycles. The average molecular weight is 574 g/mol. The Morgan fingerprint density at radius 3 is 2.39 bits per heavy atom. The van der Waals surface area contributed by atoms with E-state index in [1.54, 1.807) is 66.1 Å². The zero-order valence-electron chi connectivity index (χ0n) is 20.0. The lowest BCUT2D eigenvalue weighted by Gasteiger charge is -2.16. The summed E-state index contributed by atoms with van der Waals surface area (Å²) in [5, 5.41) is 9.18. The molecule has 3 aromatic carbocycles. The molecule has 0 spiro atoms. The summed E-state index contributed by atoms with van der Waals surface area (Å²) in [7, 11) is -3.44. The van der Waals surface area contributed by atoms with Gasteiger partial charge in [-0.15, -0.1) is 5.10 Å². The molecule has 2 aromatic heterocycles. The van der Waals surface area contributed by atoms with E-state index in [1.165, 1.54) is 23.1 Å². The van der Waals surface area contributed by atoms with E-state index in [0.717, 1.165) is 6.26 Å².